The van der Waals surface area contributed by atoms with Crippen LogP contribution in [0.25, 0.3) is 22.3 Å². The Hall–Kier alpha value is -3.22. The molecule has 0 radical (unpaired) electrons. The van der Waals surface area contributed by atoms with Crippen LogP contribution in [-0.2, 0) is 0 Å². The van der Waals surface area contributed by atoms with Crippen molar-refractivity contribution in [2.24, 2.45) is 0 Å². The van der Waals surface area contributed by atoms with E-state index < -0.39 is 0 Å². The minimum absolute atomic E-state index is 0.851. The van der Waals surface area contributed by atoms with Gasteiger partial charge in [-0.2, -0.15) is 0 Å². The van der Waals surface area contributed by atoms with Gasteiger partial charge >= 0.3 is 0 Å². The molecule has 0 aliphatic heterocycles. The van der Waals surface area contributed by atoms with Gasteiger partial charge in [0.05, 0.1) is 0 Å². The zero-order valence-electron chi connectivity index (χ0n) is 12.1. The molecule has 0 spiro atoms. The minimum Gasteiger partial charge on any atom is -0.115 e. The second-order valence-electron chi connectivity index (χ2n) is 4.96. The maximum absolute atomic E-state index is 5.72. The van der Waals surface area contributed by atoms with Crippen molar-refractivity contribution in [3.63, 3.8) is 0 Å². The summed E-state index contributed by atoms with van der Waals surface area (Å²) in [5.74, 6) is 5.57. The summed E-state index contributed by atoms with van der Waals surface area (Å²) in [6, 6.07) is 24.1. The Bertz CT molecular complexity index is 796. The van der Waals surface area contributed by atoms with Crippen molar-refractivity contribution in [1.29, 1.82) is 0 Å². The van der Waals surface area contributed by atoms with E-state index in [1.54, 1.807) is 0 Å². The summed E-state index contributed by atoms with van der Waals surface area (Å²) in [6.07, 6.45) is 11.4. The van der Waals surface area contributed by atoms with Crippen molar-refractivity contribution in [3.05, 3.63) is 83.9 Å². The van der Waals surface area contributed by atoms with Crippen LogP contribution in [0.1, 0.15) is 11.1 Å². The first-order chi connectivity index (χ1) is 10.8. The van der Waals surface area contributed by atoms with E-state index in [1.165, 1.54) is 0 Å². The first-order valence-corrected chi connectivity index (χ1v) is 7.05. The van der Waals surface area contributed by atoms with E-state index in [4.69, 9.17) is 12.8 Å². The molecule has 3 aromatic carbocycles. The third-order valence-electron chi connectivity index (χ3n) is 3.64. The van der Waals surface area contributed by atoms with E-state index in [2.05, 4.69) is 11.8 Å². The van der Waals surface area contributed by atoms with Crippen LogP contribution in [-0.4, -0.2) is 0 Å². The highest BCUT2D eigenvalue weighted by Gasteiger charge is 2.10. The molecule has 0 aliphatic carbocycles. The van der Waals surface area contributed by atoms with E-state index in [0.717, 1.165) is 33.4 Å². The lowest BCUT2D eigenvalue weighted by Crippen LogP contribution is -1.91. The molecule has 0 fully saturated rings. The molecule has 102 valence electrons. The molecular weight excluding hydrogens is 264 g/mol. The van der Waals surface area contributed by atoms with Crippen molar-refractivity contribution in [2.75, 3.05) is 0 Å². The van der Waals surface area contributed by atoms with Gasteiger partial charge in [0.2, 0.25) is 0 Å². The molecule has 0 amide bonds. The summed E-state index contributed by atoms with van der Waals surface area (Å²) in [5, 5.41) is 0. The highest BCUT2D eigenvalue weighted by atomic mass is 14.1. The van der Waals surface area contributed by atoms with Crippen molar-refractivity contribution < 1.29 is 0 Å². The van der Waals surface area contributed by atoms with E-state index in [-0.39, 0.29) is 0 Å². The second-order valence-corrected chi connectivity index (χ2v) is 4.96. The van der Waals surface area contributed by atoms with E-state index in [9.17, 15) is 0 Å². The molecule has 3 rings (SSSR count). The Morgan fingerprint density at radius 2 is 0.909 bits per heavy atom. The van der Waals surface area contributed by atoms with Gasteiger partial charge in [0.25, 0.3) is 0 Å². The molecule has 22 heavy (non-hydrogen) atoms. The van der Waals surface area contributed by atoms with Gasteiger partial charge in [-0.3, -0.25) is 0 Å². The van der Waals surface area contributed by atoms with Crippen molar-refractivity contribution >= 4 is 0 Å². The number of hydrogen-bond acceptors (Lipinski definition) is 0. The van der Waals surface area contributed by atoms with Gasteiger partial charge < -0.3 is 0 Å². The Morgan fingerprint density at radius 3 is 1.23 bits per heavy atom. The summed E-state index contributed by atoms with van der Waals surface area (Å²) < 4.78 is 0. The van der Waals surface area contributed by atoms with Crippen LogP contribution in [0.2, 0.25) is 0 Å². The third-order valence-corrected chi connectivity index (χ3v) is 3.64. The van der Waals surface area contributed by atoms with Gasteiger partial charge in [-0.1, -0.05) is 72.5 Å². The largest absolute Gasteiger partial charge is 0.115 e. The van der Waals surface area contributed by atoms with Crippen LogP contribution in [0, 0.1) is 24.7 Å². The molecular formula is C22H14. The van der Waals surface area contributed by atoms with Crippen LogP contribution in [0.4, 0.5) is 0 Å². The Labute approximate surface area is 131 Å². The quantitative estimate of drug-likeness (QED) is 0.580. The maximum atomic E-state index is 5.72. The molecule has 0 nitrogen and oxygen atoms in total. The summed E-state index contributed by atoms with van der Waals surface area (Å²) >= 11 is 0. The Balaban J connectivity index is 2.25. The third kappa shape index (κ3) is 2.51. The SMILES string of the molecule is C#Cc1cc(-c2ccccc2)c(C#C)cc1-c1ccccc1. The number of rotatable bonds is 2. The first-order valence-electron chi connectivity index (χ1n) is 7.05. The second kappa shape index (κ2) is 6.04. The van der Waals surface area contributed by atoms with Crippen LogP contribution in [0.15, 0.2) is 72.8 Å². The average Bonchev–Trinajstić information content (AvgIpc) is 2.62. The topological polar surface area (TPSA) is 0 Å². The van der Waals surface area contributed by atoms with Gasteiger partial charge in [-0.25, -0.2) is 0 Å². The van der Waals surface area contributed by atoms with Crippen LogP contribution < -0.4 is 0 Å². The highest BCUT2D eigenvalue weighted by Crippen LogP contribution is 2.31. The fraction of sp³-hybridized carbons (Fsp3) is 0. The van der Waals surface area contributed by atoms with Gasteiger partial charge in [0.1, 0.15) is 0 Å². The normalized spacial score (nSPS) is 9.73. The Kier molecular flexibility index (Phi) is 3.78. The van der Waals surface area contributed by atoms with E-state index >= 15 is 0 Å². The molecule has 0 saturated carbocycles. The summed E-state index contributed by atoms with van der Waals surface area (Å²) in [4.78, 5) is 0. The molecule has 0 N–H and O–H groups in total. The zero-order chi connectivity index (χ0) is 15.4. The standard InChI is InChI=1S/C22H14/c1-3-17-15-22(20-13-9-6-10-14-20)18(4-2)16-21(17)19-11-7-5-8-12-19/h1-2,5-16H. The number of benzene rings is 3. The fourth-order valence-corrected chi connectivity index (χ4v) is 2.55. The lowest BCUT2D eigenvalue weighted by atomic mass is 9.91. The van der Waals surface area contributed by atoms with Gasteiger partial charge in [-0.15, -0.1) is 12.8 Å². The number of terminal acetylenes is 2. The smallest absolute Gasteiger partial charge is 0.0328 e. The van der Waals surface area contributed by atoms with Crippen LogP contribution in [0.3, 0.4) is 0 Å². The molecule has 0 atom stereocenters. The molecule has 0 heterocycles. The first kappa shape index (κ1) is 13.7. The predicted molar refractivity (Wildman–Crippen MR) is 93.2 cm³/mol. The zero-order valence-corrected chi connectivity index (χ0v) is 12.1. The molecule has 0 heteroatoms. The van der Waals surface area contributed by atoms with Crippen LogP contribution in [0.5, 0.6) is 0 Å². The van der Waals surface area contributed by atoms with E-state index in [0.29, 0.717) is 0 Å². The molecule has 0 saturated heterocycles. The lowest BCUT2D eigenvalue weighted by Gasteiger charge is -2.11. The van der Waals surface area contributed by atoms with Crippen molar-refractivity contribution in [1.82, 2.24) is 0 Å². The molecule has 0 aliphatic rings. The summed E-state index contributed by atoms with van der Waals surface area (Å²) in [7, 11) is 0. The minimum atomic E-state index is 0.851. The molecule has 0 unspecified atom stereocenters. The van der Waals surface area contributed by atoms with Crippen molar-refractivity contribution in [2.45, 2.75) is 0 Å². The maximum Gasteiger partial charge on any atom is 0.0328 e. The average molecular weight is 278 g/mol. The predicted octanol–water partition coefficient (Wildman–Crippen LogP) is 4.98. The molecule has 0 aromatic heterocycles. The highest BCUT2D eigenvalue weighted by molar-refractivity contribution is 5.81. The monoisotopic (exact) mass is 278 g/mol. The summed E-state index contributed by atoms with van der Waals surface area (Å²) in [5.41, 5.74) is 5.85. The summed E-state index contributed by atoms with van der Waals surface area (Å²) in [6.45, 7) is 0. The van der Waals surface area contributed by atoms with Gasteiger partial charge in [-0.05, 0) is 34.4 Å². The van der Waals surface area contributed by atoms with Gasteiger partial charge in [0.15, 0.2) is 0 Å². The lowest BCUT2D eigenvalue weighted by molar-refractivity contribution is 1.53. The number of hydrogen-bond donors (Lipinski definition) is 0. The van der Waals surface area contributed by atoms with Crippen LogP contribution >= 0.6 is 0 Å². The Morgan fingerprint density at radius 1 is 0.545 bits per heavy atom. The molecule has 0 bridgehead atoms. The fourth-order valence-electron chi connectivity index (χ4n) is 2.55. The molecule has 3 aromatic rings. The van der Waals surface area contributed by atoms with Crippen molar-refractivity contribution in [3.8, 4) is 46.9 Å². The van der Waals surface area contributed by atoms with Gasteiger partial charge in [0, 0.05) is 11.1 Å². The van der Waals surface area contributed by atoms with E-state index in [1.807, 2.05) is 72.8 Å².